The van der Waals surface area contributed by atoms with Crippen molar-refractivity contribution in [3.63, 3.8) is 0 Å². The summed E-state index contributed by atoms with van der Waals surface area (Å²) in [4.78, 5) is 26.4. The summed E-state index contributed by atoms with van der Waals surface area (Å²) < 4.78 is 45.6. The van der Waals surface area contributed by atoms with Crippen LogP contribution in [-0.2, 0) is 22.5 Å². The topological polar surface area (TPSA) is 82.4 Å². The number of benzene rings is 1. The van der Waals surface area contributed by atoms with E-state index >= 15 is 0 Å². The molecule has 0 unspecified atom stereocenters. The van der Waals surface area contributed by atoms with Crippen LogP contribution in [0.3, 0.4) is 0 Å². The average Bonchev–Trinajstić information content (AvgIpc) is 3.06. The molecule has 0 spiro atoms. The van der Waals surface area contributed by atoms with E-state index in [1.807, 2.05) is 6.07 Å². The fourth-order valence-corrected chi connectivity index (χ4v) is 4.21. The van der Waals surface area contributed by atoms with Crippen LogP contribution < -0.4 is 5.32 Å². The normalized spacial score (nSPS) is 13.1. The van der Waals surface area contributed by atoms with Gasteiger partial charge < -0.3 is 15.0 Å². The lowest BCUT2D eigenvalue weighted by Crippen LogP contribution is -2.35. The smallest absolute Gasteiger partial charge is 0.410 e. The Hall–Kier alpha value is -3.32. The van der Waals surface area contributed by atoms with E-state index in [1.165, 1.54) is 4.90 Å². The van der Waals surface area contributed by atoms with Gasteiger partial charge in [0.05, 0.1) is 18.7 Å². The molecule has 2 aromatic rings. The minimum Gasteiger partial charge on any atom is -0.450 e. The molecule has 156 valence electrons. The summed E-state index contributed by atoms with van der Waals surface area (Å²) in [6.45, 7) is 2.58. The summed E-state index contributed by atoms with van der Waals surface area (Å²) in [6, 6.07) is 3.45. The molecule has 0 aliphatic carbocycles. The largest absolute Gasteiger partial charge is 0.450 e. The van der Waals surface area contributed by atoms with Crippen molar-refractivity contribution in [1.82, 2.24) is 4.90 Å². The van der Waals surface area contributed by atoms with Gasteiger partial charge in [-0.25, -0.2) is 18.0 Å². The summed E-state index contributed by atoms with van der Waals surface area (Å²) in [5, 5.41) is 12.3. The highest BCUT2D eigenvalue weighted by Crippen LogP contribution is 2.36. The third-order valence-corrected chi connectivity index (χ3v) is 5.54. The maximum atomic E-state index is 13.7. The molecule has 0 bridgehead atoms. The van der Waals surface area contributed by atoms with Crippen molar-refractivity contribution < 1.29 is 27.5 Å². The Balaban J connectivity index is 1.78. The Kier molecular flexibility index (Phi) is 6.42. The highest BCUT2D eigenvalue weighted by atomic mass is 32.1. The van der Waals surface area contributed by atoms with Gasteiger partial charge in [0, 0.05) is 23.1 Å². The van der Waals surface area contributed by atoms with Gasteiger partial charge in [0.1, 0.15) is 16.9 Å². The van der Waals surface area contributed by atoms with Crippen molar-refractivity contribution in [2.75, 3.05) is 18.5 Å². The second-order valence-electron chi connectivity index (χ2n) is 6.27. The first kappa shape index (κ1) is 21.4. The number of thiophene rings is 1. The number of carbonyl (C=O) groups is 2. The van der Waals surface area contributed by atoms with Gasteiger partial charge in [0.25, 0.3) is 0 Å². The van der Waals surface area contributed by atoms with E-state index in [-0.39, 0.29) is 23.7 Å². The Bertz CT molecular complexity index is 1080. The molecule has 1 aromatic carbocycles. The number of nitriles is 1. The van der Waals surface area contributed by atoms with E-state index in [0.717, 1.165) is 40.0 Å². The summed E-state index contributed by atoms with van der Waals surface area (Å²) in [7, 11) is 0. The minimum atomic E-state index is -1.40. The number of rotatable bonds is 4. The maximum absolute atomic E-state index is 13.7. The molecule has 1 aliphatic heterocycles. The van der Waals surface area contributed by atoms with Crippen LogP contribution in [0.1, 0.15) is 28.5 Å². The number of hydrogen-bond donors (Lipinski definition) is 1. The summed E-state index contributed by atoms with van der Waals surface area (Å²) in [5.41, 5.74) is 0.342. The van der Waals surface area contributed by atoms with Gasteiger partial charge in [0.2, 0.25) is 5.91 Å². The van der Waals surface area contributed by atoms with Gasteiger partial charge in [-0.15, -0.1) is 11.3 Å². The lowest BCUT2D eigenvalue weighted by Gasteiger charge is -2.25. The second kappa shape index (κ2) is 9.00. The molecule has 1 aromatic heterocycles. The van der Waals surface area contributed by atoms with E-state index in [2.05, 4.69) is 5.32 Å². The molecule has 0 atom stereocenters. The Morgan fingerprint density at radius 2 is 2.07 bits per heavy atom. The Labute approximate surface area is 174 Å². The summed E-state index contributed by atoms with van der Waals surface area (Å²) in [6.07, 6.45) is 1.65. The molecule has 30 heavy (non-hydrogen) atoms. The number of amides is 2. The predicted molar refractivity (Wildman–Crippen MR) is 104 cm³/mol. The van der Waals surface area contributed by atoms with Gasteiger partial charge in [-0.2, -0.15) is 5.26 Å². The summed E-state index contributed by atoms with van der Waals surface area (Å²) >= 11 is 1.14. The zero-order valence-electron chi connectivity index (χ0n) is 15.8. The molecule has 1 aliphatic rings. The first-order valence-electron chi connectivity index (χ1n) is 8.94. The van der Waals surface area contributed by atoms with Crippen LogP contribution in [0.5, 0.6) is 0 Å². The number of nitrogens with zero attached hydrogens (tertiary/aromatic N) is 2. The van der Waals surface area contributed by atoms with Crippen molar-refractivity contribution >= 4 is 34.4 Å². The van der Waals surface area contributed by atoms with Gasteiger partial charge >= 0.3 is 6.09 Å². The van der Waals surface area contributed by atoms with Gasteiger partial charge in [-0.3, -0.25) is 4.79 Å². The quantitative estimate of drug-likeness (QED) is 0.576. The molecule has 3 rings (SSSR count). The number of ether oxygens (including phenoxy) is 1. The predicted octanol–water partition coefficient (Wildman–Crippen LogP) is 4.20. The average molecular weight is 435 g/mol. The van der Waals surface area contributed by atoms with E-state index in [1.54, 1.807) is 6.92 Å². The number of halogens is 3. The maximum Gasteiger partial charge on any atom is 0.410 e. The molecular weight excluding hydrogens is 419 g/mol. The minimum absolute atomic E-state index is 0.246. The van der Waals surface area contributed by atoms with Crippen molar-refractivity contribution in [3.05, 3.63) is 57.2 Å². The van der Waals surface area contributed by atoms with Crippen molar-refractivity contribution in [2.45, 2.75) is 19.9 Å². The SMILES string of the molecule is CCOC(=O)N1CCc2c(sc(NC(=O)/C=C/c3c(F)ccc(F)c3F)c2C#N)C1. The number of hydrogen-bond acceptors (Lipinski definition) is 5. The Morgan fingerprint density at radius 1 is 1.33 bits per heavy atom. The van der Waals surface area contributed by atoms with Gasteiger partial charge in [0.15, 0.2) is 11.6 Å². The van der Waals surface area contributed by atoms with Crippen molar-refractivity contribution in [3.8, 4) is 6.07 Å². The fourth-order valence-electron chi connectivity index (χ4n) is 2.99. The molecule has 6 nitrogen and oxygen atoms in total. The van der Waals surface area contributed by atoms with Crippen LogP contribution in [0.2, 0.25) is 0 Å². The van der Waals surface area contributed by atoms with Crippen LogP contribution in [0, 0.1) is 28.8 Å². The van der Waals surface area contributed by atoms with Gasteiger partial charge in [-0.05, 0) is 37.1 Å². The standard InChI is InChI=1S/C20H16F3N3O3S/c1-2-29-20(28)26-8-7-11-13(9-24)19(30-16(11)10-26)25-17(27)6-3-12-14(21)4-5-15(22)18(12)23/h3-6H,2,7-8,10H2,1H3,(H,25,27)/b6-3+. The fraction of sp³-hybridized carbons (Fsp3) is 0.250. The highest BCUT2D eigenvalue weighted by Gasteiger charge is 2.28. The van der Waals surface area contributed by atoms with Crippen LogP contribution in [0.15, 0.2) is 18.2 Å². The van der Waals surface area contributed by atoms with Gasteiger partial charge in [-0.1, -0.05) is 0 Å². The number of anilines is 1. The van der Waals surface area contributed by atoms with Crippen molar-refractivity contribution in [1.29, 1.82) is 5.26 Å². The molecule has 0 radical (unpaired) electrons. The van der Waals surface area contributed by atoms with E-state index in [9.17, 15) is 28.0 Å². The molecule has 2 heterocycles. The van der Waals surface area contributed by atoms with Crippen LogP contribution in [-0.4, -0.2) is 30.1 Å². The first-order chi connectivity index (χ1) is 14.3. The van der Waals surface area contributed by atoms with E-state index in [0.29, 0.717) is 19.0 Å². The zero-order chi connectivity index (χ0) is 21.8. The second-order valence-corrected chi connectivity index (χ2v) is 7.37. The lowest BCUT2D eigenvalue weighted by molar-refractivity contribution is -0.111. The van der Waals surface area contributed by atoms with Crippen LogP contribution in [0.4, 0.5) is 23.0 Å². The number of carbonyl (C=O) groups excluding carboxylic acids is 2. The Morgan fingerprint density at radius 3 is 2.77 bits per heavy atom. The summed E-state index contributed by atoms with van der Waals surface area (Å²) in [5.74, 6) is -4.39. The highest BCUT2D eigenvalue weighted by molar-refractivity contribution is 7.16. The number of fused-ring (bicyclic) bond motifs is 1. The lowest BCUT2D eigenvalue weighted by atomic mass is 10.0. The molecule has 2 amide bonds. The zero-order valence-corrected chi connectivity index (χ0v) is 16.6. The van der Waals surface area contributed by atoms with E-state index in [4.69, 9.17) is 4.74 Å². The van der Waals surface area contributed by atoms with Crippen LogP contribution >= 0.6 is 11.3 Å². The molecule has 10 heteroatoms. The molecular formula is C20H16F3N3O3S. The molecule has 0 saturated carbocycles. The molecule has 0 fully saturated rings. The third kappa shape index (κ3) is 4.31. The number of nitrogens with one attached hydrogen (secondary N) is 1. The monoisotopic (exact) mass is 435 g/mol. The van der Waals surface area contributed by atoms with E-state index < -0.39 is 35.0 Å². The molecule has 0 saturated heterocycles. The third-order valence-electron chi connectivity index (χ3n) is 4.41. The first-order valence-corrected chi connectivity index (χ1v) is 9.76. The molecule has 1 N–H and O–H groups in total. The van der Waals surface area contributed by atoms with Crippen LogP contribution in [0.25, 0.3) is 6.08 Å². The van der Waals surface area contributed by atoms with Crippen molar-refractivity contribution in [2.24, 2.45) is 0 Å².